The summed E-state index contributed by atoms with van der Waals surface area (Å²) in [5.74, 6) is -0.341. The summed E-state index contributed by atoms with van der Waals surface area (Å²) in [6.45, 7) is 8.39. The molecule has 116 valence electrons. The van der Waals surface area contributed by atoms with E-state index in [0.717, 1.165) is 6.42 Å². The number of carbonyl (C=O) groups excluding carboxylic acids is 2. The Morgan fingerprint density at radius 3 is 2.24 bits per heavy atom. The van der Waals surface area contributed by atoms with Crippen molar-refractivity contribution in [1.29, 1.82) is 0 Å². The van der Waals surface area contributed by atoms with Gasteiger partial charge >= 0.3 is 0 Å². The molecule has 0 aliphatic carbocycles. The minimum absolute atomic E-state index is 0.110. The number of anilines is 1. The van der Waals surface area contributed by atoms with Crippen LogP contribution in [-0.2, 0) is 4.79 Å². The van der Waals surface area contributed by atoms with Crippen LogP contribution in [0.15, 0.2) is 24.3 Å². The van der Waals surface area contributed by atoms with Crippen LogP contribution in [0.3, 0.4) is 0 Å². The number of hydrogen-bond acceptors (Lipinski definition) is 3. The first kappa shape index (κ1) is 17.2. The Hall–Kier alpha value is -1.88. The van der Waals surface area contributed by atoms with Gasteiger partial charge in [-0.1, -0.05) is 27.7 Å². The van der Waals surface area contributed by atoms with Crippen molar-refractivity contribution in [2.45, 2.75) is 40.2 Å². The quantitative estimate of drug-likeness (QED) is 0.777. The maximum Gasteiger partial charge on any atom is 0.251 e. The summed E-state index contributed by atoms with van der Waals surface area (Å²) in [4.78, 5) is 23.8. The first-order valence-electron chi connectivity index (χ1n) is 7.20. The van der Waals surface area contributed by atoms with E-state index in [2.05, 4.69) is 10.6 Å². The molecule has 0 aliphatic rings. The first-order chi connectivity index (χ1) is 9.75. The van der Waals surface area contributed by atoms with E-state index >= 15 is 0 Å². The van der Waals surface area contributed by atoms with Crippen molar-refractivity contribution < 1.29 is 9.59 Å². The van der Waals surface area contributed by atoms with E-state index in [4.69, 9.17) is 5.73 Å². The van der Waals surface area contributed by atoms with Gasteiger partial charge in [0, 0.05) is 17.8 Å². The van der Waals surface area contributed by atoms with Gasteiger partial charge in [0.2, 0.25) is 5.91 Å². The molecule has 0 saturated heterocycles. The maximum atomic E-state index is 12.0. The van der Waals surface area contributed by atoms with Crippen LogP contribution in [0.1, 0.15) is 44.5 Å². The summed E-state index contributed by atoms with van der Waals surface area (Å²) in [7, 11) is 0. The lowest BCUT2D eigenvalue weighted by Gasteiger charge is -2.25. The molecule has 1 atom stereocenters. The van der Waals surface area contributed by atoms with E-state index in [-0.39, 0.29) is 17.2 Å². The molecule has 0 aromatic heterocycles. The molecule has 5 nitrogen and oxygen atoms in total. The van der Waals surface area contributed by atoms with Crippen LogP contribution in [0, 0.1) is 5.41 Å². The van der Waals surface area contributed by atoms with Crippen molar-refractivity contribution in [3.63, 3.8) is 0 Å². The molecule has 1 rings (SSSR count). The summed E-state index contributed by atoms with van der Waals surface area (Å²) < 4.78 is 0. The molecule has 21 heavy (non-hydrogen) atoms. The van der Waals surface area contributed by atoms with Gasteiger partial charge in [0.15, 0.2) is 0 Å². The largest absolute Gasteiger partial charge is 0.352 e. The SMILES string of the molecule is CCCNC(=O)c1ccc(NC(=O)[C@@H](N)C(C)(C)C)cc1. The molecule has 0 aliphatic heterocycles. The van der Waals surface area contributed by atoms with Gasteiger partial charge in [0.25, 0.3) is 5.91 Å². The molecule has 2 amide bonds. The number of carbonyl (C=O) groups is 2. The monoisotopic (exact) mass is 291 g/mol. The molecule has 1 aromatic carbocycles. The fourth-order valence-corrected chi connectivity index (χ4v) is 1.66. The number of benzene rings is 1. The molecule has 0 heterocycles. The van der Waals surface area contributed by atoms with Crippen LogP contribution in [-0.4, -0.2) is 24.4 Å². The van der Waals surface area contributed by atoms with E-state index in [9.17, 15) is 9.59 Å². The second kappa shape index (κ2) is 7.22. The van der Waals surface area contributed by atoms with Crippen LogP contribution in [0.4, 0.5) is 5.69 Å². The lowest BCUT2D eigenvalue weighted by atomic mass is 9.87. The van der Waals surface area contributed by atoms with Gasteiger partial charge in [-0.2, -0.15) is 0 Å². The summed E-state index contributed by atoms with van der Waals surface area (Å²) in [5, 5.41) is 5.56. The Morgan fingerprint density at radius 1 is 1.19 bits per heavy atom. The summed E-state index contributed by atoms with van der Waals surface area (Å²) in [5.41, 5.74) is 6.80. The Kier molecular flexibility index (Phi) is 5.90. The molecule has 5 heteroatoms. The van der Waals surface area contributed by atoms with Crippen molar-refractivity contribution in [2.75, 3.05) is 11.9 Å². The van der Waals surface area contributed by atoms with E-state index in [1.807, 2.05) is 27.7 Å². The van der Waals surface area contributed by atoms with E-state index in [1.165, 1.54) is 0 Å². The Balaban J connectivity index is 2.67. The number of nitrogens with one attached hydrogen (secondary N) is 2. The van der Waals surface area contributed by atoms with Crippen molar-refractivity contribution in [2.24, 2.45) is 11.1 Å². The number of nitrogens with two attached hydrogens (primary N) is 1. The van der Waals surface area contributed by atoms with Gasteiger partial charge in [-0.25, -0.2) is 0 Å². The average molecular weight is 291 g/mol. The van der Waals surface area contributed by atoms with Crippen molar-refractivity contribution >= 4 is 17.5 Å². The zero-order valence-corrected chi connectivity index (χ0v) is 13.2. The zero-order chi connectivity index (χ0) is 16.0. The van der Waals surface area contributed by atoms with Crippen LogP contribution >= 0.6 is 0 Å². The van der Waals surface area contributed by atoms with E-state index < -0.39 is 6.04 Å². The van der Waals surface area contributed by atoms with Crippen molar-refractivity contribution in [1.82, 2.24) is 5.32 Å². The van der Waals surface area contributed by atoms with E-state index in [1.54, 1.807) is 24.3 Å². The third-order valence-corrected chi connectivity index (χ3v) is 3.17. The molecule has 1 aromatic rings. The minimum Gasteiger partial charge on any atom is -0.352 e. The predicted molar refractivity (Wildman–Crippen MR) is 85.1 cm³/mol. The highest BCUT2D eigenvalue weighted by Crippen LogP contribution is 2.19. The van der Waals surface area contributed by atoms with Crippen LogP contribution in [0.25, 0.3) is 0 Å². The number of rotatable bonds is 5. The highest BCUT2D eigenvalue weighted by atomic mass is 16.2. The fourth-order valence-electron chi connectivity index (χ4n) is 1.66. The van der Waals surface area contributed by atoms with Gasteiger partial charge in [-0.05, 0) is 36.1 Å². The average Bonchev–Trinajstić information content (AvgIpc) is 2.43. The molecule has 0 unspecified atom stereocenters. The highest BCUT2D eigenvalue weighted by Gasteiger charge is 2.27. The Morgan fingerprint density at radius 2 is 1.76 bits per heavy atom. The van der Waals surface area contributed by atoms with Gasteiger partial charge in [0.1, 0.15) is 0 Å². The first-order valence-corrected chi connectivity index (χ1v) is 7.20. The summed E-state index contributed by atoms with van der Waals surface area (Å²) in [6, 6.07) is 6.18. The summed E-state index contributed by atoms with van der Waals surface area (Å²) in [6.07, 6.45) is 0.893. The molecule has 0 fully saturated rings. The lowest BCUT2D eigenvalue weighted by molar-refractivity contribution is -0.119. The van der Waals surface area contributed by atoms with Gasteiger partial charge in [0.05, 0.1) is 6.04 Å². The van der Waals surface area contributed by atoms with Crippen LogP contribution in [0.5, 0.6) is 0 Å². The summed E-state index contributed by atoms with van der Waals surface area (Å²) >= 11 is 0. The third kappa shape index (κ3) is 5.19. The predicted octanol–water partition coefficient (Wildman–Crippen LogP) is 2.14. The molecule has 4 N–H and O–H groups in total. The molecular weight excluding hydrogens is 266 g/mol. The van der Waals surface area contributed by atoms with Gasteiger partial charge in [-0.15, -0.1) is 0 Å². The Labute approximate surface area is 126 Å². The van der Waals surface area contributed by atoms with Crippen LogP contribution in [0.2, 0.25) is 0 Å². The molecule has 0 saturated carbocycles. The van der Waals surface area contributed by atoms with Crippen molar-refractivity contribution in [3.05, 3.63) is 29.8 Å². The molecule has 0 radical (unpaired) electrons. The molecule has 0 bridgehead atoms. The highest BCUT2D eigenvalue weighted by molar-refractivity contribution is 5.97. The topological polar surface area (TPSA) is 84.2 Å². The van der Waals surface area contributed by atoms with Crippen molar-refractivity contribution in [3.8, 4) is 0 Å². The second-order valence-electron chi connectivity index (χ2n) is 6.17. The fraction of sp³-hybridized carbons (Fsp3) is 0.500. The van der Waals surface area contributed by atoms with Crippen LogP contribution < -0.4 is 16.4 Å². The number of hydrogen-bond donors (Lipinski definition) is 3. The number of amides is 2. The smallest absolute Gasteiger partial charge is 0.251 e. The standard InChI is InChI=1S/C16H25N3O2/c1-5-10-18-14(20)11-6-8-12(9-7-11)19-15(21)13(17)16(2,3)4/h6-9,13H,5,10,17H2,1-4H3,(H,18,20)(H,19,21)/t13-/m1/s1. The second-order valence-corrected chi connectivity index (χ2v) is 6.17. The maximum absolute atomic E-state index is 12.0. The van der Waals surface area contributed by atoms with Gasteiger partial charge < -0.3 is 16.4 Å². The third-order valence-electron chi connectivity index (χ3n) is 3.17. The Bertz CT molecular complexity index is 489. The molecular formula is C16H25N3O2. The lowest BCUT2D eigenvalue weighted by Crippen LogP contribution is -2.45. The molecule has 0 spiro atoms. The normalized spacial score (nSPS) is 12.6. The van der Waals surface area contributed by atoms with Gasteiger partial charge in [-0.3, -0.25) is 9.59 Å². The zero-order valence-electron chi connectivity index (χ0n) is 13.2. The van der Waals surface area contributed by atoms with E-state index in [0.29, 0.717) is 17.8 Å². The minimum atomic E-state index is -0.593.